The van der Waals surface area contributed by atoms with Crippen molar-refractivity contribution in [2.75, 3.05) is 25.5 Å². The lowest BCUT2D eigenvalue weighted by molar-refractivity contribution is 0.0697. The fourth-order valence-corrected chi connectivity index (χ4v) is 2.56. The van der Waals surface area contributed by atoms with Crippen LogP contribution in [0.3, 0.4) is 0 Å². The first-order valence-electron chi connectivity index (χ1n) is 6.21. The average molecular weight is 252 g/mol. The Kier molecular flexibility index (Phi) is 3.56. The van der Waals surface area contributed by atoms with Gasteiger partial charge in [-0.05, 0) is 33.4 Å². The Bertz CT molecular complexity index is 455. The third-order valence-corrected chi connectivity index (χ3v) is 3.40. The first kappa shape index (κ1) is 12.9. The van der Waals surface area contributed by atoms with Crippen LogP contribution in [0.15, 0.2) is 0 Å². The van der Waals surface area contributed by atoms with Crippen molar-refractivity contribution in [1.82, 2.24) is 14.7 Å². The van der Waals surface area contributed by atoms with Crippen LogP contribution in [-0.4, -0.2) is 51.9 Å². The normalized spacial score (nSPS) is 20.9. The molecule has 1 aliphatic heterocycles. The summed E-state index contributed by atoms with van der Waals surface area (Å²) in [5.74, 6) is -0.312. The Morgan fingerprint density at radius 3 is 2.83 bits per heavy atom. The van der Waals surface area contributed by atoms with E-state index in [1.54, 1.807) is 18.7 Å². The summed E-state index contributed by atoms with van der Waals surface area (Å²) in [5.41, 5.74) is 0.836. The van der Waals surface area contributed by atoms with Crippen LogP contribution in [0, 0.1) is 6.92 Å². The van der Waals surface area contributed by atoms with Crippen molar-refractivity contribution in [2.24, 2.45) is 7.05 Å². The number of aromatic nitrogens is 2. The van der Waals surface area contributed by atoms with Crippen LogP contribution in [0.5, 0.6) is 0 Å². The molecule has 6 heteroatoms. The van der Waals surface area contributed by atoms with E-state index in [9.17, 15) is 9.90 Å². The third kappa shape index (κ3) is 2.48. The smallest absolute Gasteiger partial charge is 0.341 e. The summed E-state index contributed by atoms with van der Waals surface area (Å²) in [4.78, 5) is 13.5. The van der Waals surface area contributed by atoms with Crippen LogP contribution in [0.25, 0.3) is 0 Å². The number of hydrogen-bond acceptors (Lipinski definition) is 4. The van der Waals surface area contributed by atoms with Gasteiger partial charge in [0.15, 0.2) is 0 Å². The summed E-state index contributed by atoms with van der Waals surface area (Å²) in [7, 11) is 3.86. The highest BCUT2D eigenvalue weighted by atomic mass is 16.4. The molecule has 1 fully saturated rings. The van der Waals surface area contributed by atoms with Gasteiger partial charge >= 0.3 is 5.97 Å². The van der Waals surface area contributed by atoms with E-state index in [0.29, 0.717) is 11.5 Å². The molecule has 0 bridgehead atoms. The number of anilines is 1. The number of hydrogen-bond donors (Lipinski definition) is 2. The van der Waals surface area contributed by atoms with Crippen molar-refractivity contribution in [3.63, 3.8) is 0 Å². The first-order valence-corrected chi connectivity index (χ1v) is 6.21. The van der Waals surface area contributed by atoms with Gasteiger partial charge in [-0.25, -0.2) is 4.79 Å². The van der Waals surface area contributed by atoms with Gasteiger partial charge in [0.1, 0.15) is 11.4 Å². The number of nitrogens with zero attached hydrogens (tertiary/aromatic N) is 3. The molecule has 2 N–H and O–H groups in total. The van der Waals surface area contributed by atoms with Gasteiger partial charge in [-0.1, -0.05) is 0 Å². The Morgan fingerprint density at radius 1 is 1.50 bits per heavy atom. The molecular weight excluding hydrogens is 232 g/mol. The fourth-order valence-electron chi connectivity index (χ4n) is 2.56. The molecule has 100 valence electrons. The van der Waals surface area contributed by atoms with Crippen LogP contribution in [-0.2, 0) is 7.05 Å². The zero-order valence-electron chi connectivity index (χ0n) is 11.1. The molecule has 1 unspecified atom stereocenters. The predicted octanol–water partition coefficient (Wildman–Crippen LogP) is 0.933. The molecule has 0 aliphatic carbocycles. The lowest BCUT2D eigenvalue weighted by atomic mass is 10.1. The van der Waals surface area contributed by atoms with Gasteiger partial charge in [-0.15, -0.1) is 0 Å². The highest BCUT2D eigenvalue weighted by Crippen LogP contribution is 2.21. The first-order chi connectivity index (χ1) is 8.49. The molecule has 1 aromatic rings. The van der Waals surface area contributed by atoms with Gasteiger partial charge in [0.05, 0.1) is 5.69 Å². The number of carbonyl (C=O) groups is 1. The quantitative estimate of drug-likeness (QED) is 0.837. The second kappa shape index (κ2) is 4.97. The zero-order valence-corrected chi connectivity index (χ0v) is 11.1. The van der Waals surface area contributed by atoms with Crippen LogP contribution in [0.4, 0.5) is 5.82 Å². The molecule has 2 rings (SSSR count). The minimum Gasteiger partial charge on any atom is -0.477 e. The van der Waals surface area contributed by atoms with E-state index >= 15 is 0 Å². The summed E-state index contributed by atoms with van der Waals surface area (Å²) in [6.45, 7) is 3.76. The minimum absolute atomic E-state index is 0.283. The Morgan fingerprint density at radius 2 is 2.22 bits per heavy atom. The van der Waals surface area contributed by atoms with Gasteiger partial charge in [-0.3, -0.25) is 4.68 Å². The molecule has 18 heavy (non-hydrogen) atoms. The minimum atomic E-state index is -0.924. The van der Waals surface area contributed by atoms with Crippen LogP contribution in [0.1, 0.15) is 28.9 Å². The van der Waals surface area contributed by atoms with Gasteiger partial charge in [0.25, 0.3) is 0 Å². The van der Waals surface area contributed by atoms with Gasteiger partial charge in [0, 0.05) is 19.6 Å². The fraction of sp³-hybridized carbons (Fsp3) is 0.667. The molecule has 1 aromatic heterocycles. The summed E-state index contributed by atoms with van der Waals surface area (Å²) in [5, 5.41) is 16.7. The second-order valence-corrected chi connectivity index (χ2v) is 4.98. The van der Waals surface area contributed by atoms with Crippen LogP contribution >= 0.6 is 0 Å². The maximum atomic E-state index is 11.3. The molecule has 1 aliphatic rings. The SMILES string of the molecule is Cc1nn(C)c(NC2CCCN(C)C2)c1C(=O)O. The number of likely N-dealkylation sites (tertiary alicyclic amines) is 1. The molecule has 1 atom stereocenters. The monoisotopic (exact) mass is 252 g/mol. The van der Waals surface area contributed by atoms with E-state index in [1.807, 2.05) is 0 Å². The summed E-state index contributed by atoms with van der Waals surface area (Å²) < 4.78 is 1.62. The maximum absolute atomic E-state index is 11.3. The molecule has 0 radical (unpaired) electrons. The molecule has 2 heterocycles. The third-order valence-electron chi connectivity index (χ3n) is 3.40. The van der Waals surface area contributed by atoms with E-state index in [4.69, 9.17) is 0 Å². The van der Waals surface area contributed by atoms with Crippen molar-refractivity contribution in [1.29, 1.82) is 0 Å². The maximum Gasteiger partial charge on any atom is 0.341 e. The number of carboxylic acid groups (broad SMARTS) is 1. The number of nitrogens with one attached hydrogen (secondary N) is 1. The topological polar surface area (TPSA) is 70.4 Å². The molecule has 0 spiro atoms. The predicted molar refractivity (Wildman–Crippen MR) is 69.0 cm³/mol. The van der Waals surface area contributed by atoms with Gasteiger partial charge in [0.2, 0.25) is 0 Å². The molecule has 0 amide bonds. The molecule has 0 aromatic carbocycles. The Hall–Kier alpha value is -1.56. The number of aryl methyl sites for hydroxylation is 2. The number of rotatable bonds is 3. The van der Waals surface area contributed by atoms with Gasteiger partial charge < -0.3 is 15.3 Å². The van der Waals surface area contributed by atoms with E-state index in [2.05, 4.69) is 22.4 Å². The Labute approximate surface area is 107 Å². The van der Waals surface area contributed by atoms with Crippen molar-refractivity contribution in [3.05, 3.63) is 11.3 Å². The summed E-state index contributed by atoms with van der Waals surface area (Å²) in [6.07, 6.45) is 2.20. The van der Waals surface area contributed by atoms with E-state index in [0.717, 1.165) is 25.9 Å². The lowest BCUT2D eigenvalue weighted by Gasteiger charge is -2.30. The molecule has 6 nitrogen and oxygen atoms in total. The average Bonchev–Trinajstić information content (AvgIpc) is 2.53. The molecule has 0 saturated carbocycles. The molecular formula is C12H20N4O2. The van der Waals surface area contributed by atoms with Crippen LogP contribution < -0.4 is 5.32 Å². The second-order valence-electron chi connectivity index (χ2n) is 4.98. The number of likely N-dealkylation sites (N-methyl/N-ethyl adjacent to an activating group) is 1. The van der Waals surface area contributed by atoms with Crippen molar-refractivity contribution >= 4 is 11.8 Å². The highest BCUT2D eigenvalue weighted by Gasteiger charge is 2.24. The summed E-state index contributed by atoms with van der Waals surface area (Å²) in [6, 6.07) is 0.289. The van der Waals surface area contributed by atoms with Crippen molar-refractivity contribution < 1.29 is 9.90 Å². The largest absolute Gasteiger partial charge is 0.477 e. The lowest BCUT2D eigenvalue weighted by Crippen LogP contribution is -2.40. The van der Waals surface area contributed by atoms with E-state index in [-0.39, 0.29) is 11.6 Å². The highest BCUT2D eigenvalue weighted by molar-refractivity contribution is 5.94. The standard InChI is InChI=1S/C12H20N4O2/c1-8-10(12(17)18)11(16(3)14-8)13-9-5-4-6-15(2)7-9/h9,13H,4-7H2,1-3H3,(H,17,18). The number of piperidine rings is 1. The summed E-state index contributed by atoms with van der Waals surface area (Å²) >= 11 is 0. The number of carboxylic acids is 1. The van der Waals surface area contributed by atoms with Gasteiger partial charge in [-0.2, -0.15) is 5.10 Å². The number of aromatic carboxylic acids is 1. The van der Waals surface area contributed by atoms with E-state index in [1.165, 1.54) is 0 Å². The zero-order chi connectivity index (χ0) is 13.3. The van der Waals surface area contributed by atoms with Crippen molar-refractivity contribution in [3.8, 4) is 0 Å². The molecule has 1 saturated heterocycles. The van der Waals surface area contributed by atoms with Crippen molar-refractivity contribution in [2.45, 2.75) is 25.8 Å². The van der Waals surface area contributed by atoms with E-state index < -0.39 is 5.97 Å². The van der Waals surface area contributed by atoms with Crippen LogP contribution in [0.2, 0.25) is 0 Å². The Balaban J connectivity index is 2.20.